The molecule has 6 radical (unpaired) electrons. The molecule has 0 aliphatic heterocycles. The molecule has 0 atom stereocenters. The predicted molar refractivity (Wildman–Crippen MR) is 43.5 cm³/mol. The van der Waals surface area contributed by atoms with Crippen molar-refractivity contribution in [1.29, 1.82) is 0 Å². The van der Waals surface area contributed by atoms with E-state index in [0.29, 0.717) is 0 Å². The normalized spacial score (nSPS) is 9.08. The van der Waals surface area contributed by atoms with Crippen molar-refractivity contribution in [3.63, 3.8) is 0 Å². The third-order valence-electron chi connectivity index (χ3n) is 0. The van der Waals surface area contributed by atoms with E-state index in [1.54, 1.807) is 0 Å². The van der Waals surface area contributed by atoms with Gasteiger partial charge >= 0.3 is 61.1 Å². The summed E-state index contributed by atoms with van der Waals surface area (Å²) in [5, 5.41) is 0. The molecule has 0 amide bonds. The first-order chi connectivity index (χ1) is 4.00. The van der Waals surface area contributed by atoms with Gasteiger partial charge in [-0.1, -0.05) is 0 Å². The average molecular weight is 404 g/mol. The van der Waals surface area contributed by atoms with Crippen molar-refractivity contribution in [1.82, 2.24) is 0 Å². The van der Waals surface area contributed by atoms with E-state index in [2.05, 4.69) is 0 Å². The van der Waals surface area contributed by atoms with Crippen molar-refractivity contribution in [3.05, 3.63) is 0 Å². The molecule has 0 rings (SSSR count). The molecule has 8 nitrogen and oxygen atoms in total. The monoisotopic (exact) mass is 404 g/mol. The smallest absolute Gasteiger partial charge is 0 e. The summed E-state index contributed by atoms with van der Waals surface area (Å²) in [5.74, 6) is 0. The Kier molecular flexibility index (Phi) is 33.4. The maximum Gasteiger partial charge on any atom is 0 e. The quantitative estimate of drug-likeness (QED) is 0.219. The van der Waals surface area contributed by atoms with Gasteiger partial charge in [0.25, 0.3) is 0 Å². The van der Waals surface area contributed by atoms with Crippen molar-refractivity contribution in [3.8, 4) is 0 Å². The fourth-order valence-electron chi connectivity index (χ4n) is 0. The Bertz CT molecular complexity index is 130. The van der Waals surface area contributed by atoms with Crippen molar-refractivity contribution in [2.45, 2.75) is 0 Å². The minimum Gasteiger partial charge on any atom is 0 e. The van der Waals surface area contributed by atoms with Crippen LogP contribution in [0.5, 0.6) is 0 Å². The first-order valence-electron chi connectivity index (χ1n) is 1.57. The van der Waals surface area contributed by atoms with Gasteiger partial charge in [-0.2, -0.15) is 0 Å². The Morgan fingerprint density at radius 2 is 0.538 bits per heavy atom. The van der Waals surface area contributed by atoms with Crippen LogP contribution in [-0.2, 0) is 7.48 Å². The zero-order chi connectivity index (χ0) is 9.00. The molecular formula is H6As2Ca3O8. The molecule has 0 unspecified atom stereocenters. The first-order valence-corrected chi connectivity index (χ1v) is 8.13. The Morgan fingerprint density at radius 3 is 0.538 bits per heavy atom. The molecule has 0 saturated heterocycles. The molecule has 0 aromatic carbocycles. The maximum absolute atomic E-state index is 8.94. The third-order valence-corrected chi connectivity index (χ3v) is 0. The summed E-state index contributed by atoms with van der Waals surface area (Å²) in [5.41, 5.74) is 0. The molecule has 0 aromatic rings. The molecule has 0 aromatic heterocycles. The van der Waals surface area contributed by atoms with Gasteiger partial charge in [0.1, 0.15) is 0 Å². The van der Waals surface area contributed by atoms with E-state index >= 15 is 0 Å². The third kappa shape index (κ3) is 182. The zero-order valence-electron chi connectivity index (χ0n) is 6.52. The van der Waals surface area contributed by atoms with Crippen molar-refractivity contribution in [2.75, 3.05) is 0 Å². The van der Waals surface area contributed by atoms with Crippen LogP contribution in [0.2, 0.25) is 0 Å². The van der Waals surface area contributed by atoms with Gasteiger partial charge in [0.05, 0.1) is 0 Å². The van der Waals surface area contributed by atoms with Gasteiger partial charge in [-0.3, -0.25) is 0 Å². The summed E-state index contributed by atoms with van der Waals surface area (Å²) in [4.78, 5) is 0. The molecule has 13 heavy (non-hydrogen) atoms. The van der Waals surface area contributed by atoms with E-state index in [4.69, 9.17) is 32.1 Å². The average Bonchev–Trinajstić information content (AvgIpc) is 1.12. The van der Waals surface area contributed by atoms with Gasteiger partial charge in [0, 0.05) is 113 Å². The summed E-state index contributed by atoms with van der Waals surface area (Å²) in [6.45, 7) is 0. The van der Waals surface area contributed by atoms with Crippen LogP contribution < -0.4 is 0 Å². The van der Waals surface area contributed by atoms with Crippen LogP contribution in [0.25, 0.3) is 0 Å². The van der Waals surface area contributed by atoms with E-state index in [-0.39, 0.29) is 113 Å². The van der Waals surface area contributed by atoms with Crippen LogP contribution in [0, 0.1) is 0 Å². The van der Waals surface area contributed by atoms with Crippen LogP contribution in [0.4, 0.5) is 0 Å². The van der Waals surface area contributed by atoms with E-state index in [0.717, 1.165) is 0 Å². The summed E-state index contributed by atoms with van der Waals surface area (Å²) < 4.78 is 61.4. The largest absolute Gasteiger partial charge is 0 e. The first kappa shape index (κ1) is 30.4. The second-order valence-electron chi connectivity index (χ2n) is 1.03. The molecule has 0 bridgehead atoms. The summed E-state index contributed by atoms with van der Waals surface area (Å²) >= 11 is -10.2. The van der Waals surface area contributed by atoms with Crippen molar-refractivity contribution < 1.29 is 32.1 Å². The maximum atomic E-state index is 8.94. The molecule has 6 N–H and O–H groups in total. The van der Waals surface area contributed by atoms with Crippen LogP contribution in [-0.4, -0.2) is 167 Å². The molecule has 0 saturated carbocycles. The summed E-state index contributed by atoms with van der Waals surface area (Å²) in [6.07, 6.45) is 0. The van der Waals surface area contributed by atoms with E-state index in [1.165, 1.54) is 0 Å². The Morgan fingerprint density at radius 1 is 0.538 bits per heavy atom. The molecule has 0 heterocycles. The van der Waals surface area contributed by atoms with Gasteiger partial charge in [-0.05, 0) is 0 Å². The fourth-order valence-corrected chi connectivity index (χ4v) is 0. The molecular weight excluding hydrogens is 398 g/mol. The Hall–Kier alpha value is 4.26. The number of hydrogen-bond acceptors (Lipinski definition) is 2. The second-order valence-corrected chi connectivity index (χ2v) is 5.33. The molecule has 70 valence electrons. The fraction of sp³-hybridized carbons (Fsp3) is 0. The zero-order valence-corrected chi connectivity index (χ0v) is 16.9. The van der Waals surface area contributed by atoms with Gasteiger partial charge in [0.2, 0.25) is 0 Å². The van der Waals surface area contributed by atoms with E-state index in [9.17, 15) is 0 Å². The Labute approximate surface area is 170 Å². The van der Waals surface area contributed by atoms with Gasteiger partial charge < -0.3 is 0 Å². The molecule has 0 spiro atoms. The molecule has 0 aliphatic carbocycles. The second kappa shape index (κ2) is 14.3. The number of rotatable bonds is 0. The van der Waals surface area contributed by atoms with Gasteiger partial charge in [0.15, 0.2) is 0 Å². The predicted octanol–water partition coefficient (Wildman–Crippen LogP) is -5.48. The summed E-state index contributed by atoms with van der Waals surface area (Å²) in [6, 6.07) is 0. The van der Waals surface area contributed by atoms with Gasteiger partial charge in [-0.25, -0.2) is 0 Å². The number of hydrogen-bond donors (Lipinski definition) is 6. The molecule has 13 heteroatoms. The van der Waals surface area contributed by atoms with Crippen LogP contribution in [0.3, 0.4) is 0 Å². The van der Waals surface area contributed by atoms with Crippen molar-refractivity contribution in [2.24, 2.45) is 0 Å². The summed E-state index contributed by atoms with van der Waals surface area (Å²) in [7, 11) is 0. The van der Waals surface area contributed by atoms with Crippen molar-refractivity contribution >= 4 is 142 Å². The minimum absolute atomic E-state index is 0. The van der Waals surface area contributed by atoms with E-state index < -0.39 is 29.0 Å². The molecule has 0 fully saturated rings. The van der Waals surface area contributed by atoms with Gasteiger partial charge in [-0.15, -0.1) is 0 Å². The van der Waals surface area contributed by atoms with Crippen LogP contribution in [0.15, 0.2) is 0 Å². The standard InChI is InChI=1S/2AsH3O4.3Ca/c2*2-1(3,4)5;;;/h2*(H3,2,3,4,5);;;. The molecule has 0 aliphatic rings. The minimum atomic E-state index is -5.12. The topological polar surface area (TPSA) is 156 Å². The van der Waals surface area contributed by atoms with Crippen LogP contribution in [0.1, 0.15) is 0 Å². The van der Waals surface area contributed by atoms with Crippen LogP contribution >= 0.6 is 0 Å². The SMILES string of the molecule is O=[As](O)(O)O.O=[As](O)(O)O.[Ca].[Ca].[Ca]. The Balaban J connectivity index is -0.0000000267. The van der Waals surface area contributed by atoms with E-state index in [1.807, 2.05) is 0 Å².